The van der Waals surface area contributed by atoms with Crippen molar-refractivity contribution in [3.05, 3.63) is 70.3 Å². The van der Waals surface area contributed by atoms with E-state index >= 15 is 0 Å². The number of benzene rings is 2. The molecule has 0 aliphatic carbocycles. The Balaban J connectivity index is 1.20. The number of hydrogen-bond acceptors (Lipinski definition) is 4. The highest BCUT2D eigenvalue weighted by Crippen LogP contribution is 2.34. The van der Waals surface area contributed by atoms with Crippen LogP contribution in [0.2, 0.25) is 0 Å². The van der Waals surface area contributed by atoms with Crippen molar-refractivity contribution in [1.29, 1.82) is 0 Å². The van der Waals surface area contributed by atoms with Crippen LogP contribution in [0.15, 0.2) is 42.5 Å². The zero-order valence-electron chi connectivity index (χ0n) is 20.0. The lowest BCUT2D eigenvalue weighted by Gasteiger charge is -2.32. The van der Waals surface area contributed by atoms with Crippen LogP contribution < -0.4 is 5.32 Å². The summed E-state index contributed by atoms with van der Waals surface area (Å²) in [4.78, 5) is 40.9. The molecule has 2 fully saturated rings. The molecule has 2 saturated heterocycles. The molecule has 0 radical (unpaired) electrons. The number of piperidine rings is 2. The van der Waals surface area contributed by atoms with Crippen LogP contribution in [0.25, 0.3) is 0 Å². The maximum atomic E-state index is 12.9. The molecule has 178 valence electrons. The summed E-state index contributed by atoms with van der Waals surface area (Å²) in [5, 5.41) is 2.37. The van der Waals surface area contributed by atoms with Crippen LogP contribution in [-0.4, -0.2) is 46.7 Å². The minimum Gasteiger partial charge on any atom is -0.322 e. The van der Waals surface area contributed by atoms with Crippen molar-refractivity contribution >= 4 is 17.7 Å². The van der Waals surface area contributed by atoms with E-state index in [-0.39, 0.29) is 24.1 Å². The van der Waals surface area contributed by atoms with E-state index in [1.54, 1.807) is 4.90 Å². The standard InChI is InChI=1S/C28H33N3O3/c1-18(2)20-5-3-19(4-6-20)16-30-13-11-21(12-14-30)22-7-8-24-23(15-22)17-31(28(24)34)25-9-10-26(32)29-27(25)33/h3-8,15,18,21,25H,9-14,16-17H2,1-2H3,(H,29,32,33). The Hall–Kier alpha value is -2.99. The molecule has 6 nitrogen and oxygen atoms in total. The van der Waals surface area contributed by atoms with Crippen molar-refractivity contribution in [3.63, 3.8) is 0 Å². The van der Waals surface area contributed by atoms with Crippen molar-refractivity contribution in [1.82, 2.24) is 15.1 Å². The number of carbonyl (C=O) groups excluding carboxylic acids is 3. The molecule has 0 spiro atoms. The fourth-order valence-electron chi connectivity index (χ4n) is 5.54. The van der Waals surface area contributed by atoms with Gasteiger partial charge in [0.25, 0.3) is 5.91 Å². The van der Waals surface area contributed by atoms with Crippen molar-refractivity contribution in [3.8, 4) is 0 Å². The highest BCUT2D eigenvalue weighted by atomic mass is 16.2. The van der Waals surface area contributed by atoms with Crippen molar-refractivity contribution in [2.45, 2.75) is 70.5 Å². The first-order valence-corrected chi connectivity index (χ1v) is 12.5. The molecule has 1 atom stereocenters. The Labute approximate surface area is 201 Å². The predicted molar refractivity (Wildman–Crippen MR) is 130 cm³/mol. The average Bonchev–Trinajstić information content (AvgIpc) is 3.15. The lowest BCUT2D eigenvalue weighted by Crippen LogP contribution is -2.52. The van der Waals surface area contributed by atoms with Crippen molar-refractivity contribution < 1.29 is 14.4 Å². The van der Waals surface area contributed by atoms with Gasteiger partial charge in [0.15, 0.2) is 0 Å². The molecule has 1 unspecified atom stereocenters. The van der Waals surface area contributed by atoms with Crippen molar-refractivity contribution in [2.75, 3.05) is 13.1 Å². The van der Waals surface area contributed by atoms with Gasteiger partial charge in [-0.3, -0.25) is 24.6 Å². The highest BCUT2D eigenvalue weighted by molar-refractivity contribution is 6.05. The van der Waals surface area contributed by atoms with E-state index in [1.165, 1.54) is 16.7 Å². The molecule has 34 heavy (non-hydrogen) atoms. The fraction of sp³-hybridized carbons (Fsp3) is 0.464. The molecule has 1 N–H and O–H groups in total. The number of nitrogens with one attached hydrogen (secondary N) is 1. The van der Waals surface area contributed by atoms with Gasteiger partial charge in [0, 0.05) is 25.1 Å². The van der Waals surface area contributed by atoms with Gasteiger partial charge in [0.2, 0.25) is 11.8 Å². The summed E-state index contributed by atoms with van der Waals surface area (Å²) in [6.07, 6.45) is 2.89. The molecule has 2 aromatic carbocycles. The number of hydrogen-bond donors (Lipinski definition) is 1. The molecular formula is C28H33N3O3. The number of fused-ring (bicyclic) bond motifs is 1. The second kappa shape index (κ2) is 9.34. The zero-order valence-corrected chi connectivity index (χ0v) is 20.0. The van der Waals surface area contributed by atoms with Crippen LogP contribution in [0.4, 0.5) is 0 Å². The summed E-state index contributed by atoms with van der Waals surface area (Å²) in [5.41, 5.74) is 5.73. The van der Waals surface area contributed by atoms with Gasteiger partial charge in [-0.1, -0.05) is 50.2 Å². The predicted octanol–water partition coefficient (Wildman–Crippen LogP) is 3.95. The Kier molecular flexibility index (Phi) is 6.26. The Morgan fingerprint density at radius 1 is 0.971 bits per heavy atom. The smallest absolute Gasteiger partial charge is 0.255 e. The number of imide groups is 1. The average molecular weight is 460 g/mol. The summed E-state index contributed by atoms with van der Waals surface area (Å²) < 4.78 is 0. The number of carbonyl (C=O) groups is 3. The molecule has 3 aliphatic rings. The number of rotatable bonds is 5. The van der Waals surface area contributed by atoms with E-state index in [2.05, 4.69) is 60.5 Å². The zero-order chi connectivity index (χ0) is 23.8. The van der Waals surface area contributed by atoms with Gasteiger partial charge in [0.1, 0.15) is 6.04 Å². The van der Waals surface area contributed by atoms with Gasteiger partial charge in [0.05, 0.1) is 0 Å². The van der Waals surface area contributed by atoms with E-state index in [0.29, 0.717) is 30.4 Å². The molecule has 3 aliphatic heterocycles. The SMILES string of the molecule is CC(C)c1ccc(CN2CCC(c3ccc4c(c3)CN(C3CCC(=O)NC3=O)C4=O)CC2)cc1. The molecule has 3 amide bonds. The molecule has 5 rings (SSSR count). The summed E-state index contributed by atoms with van der Waals surface area (Å²) in [6.45, 7) is 8.01. The molecule has 0 aromatic heterocycles. The molecular weight excluding hydrogens is 426 g/mol. The second-order valence-electron chi connectivity index (χ2n) is 10.3. The lowest BCUT2D eigenvalue weighted by molar-refractivity contribution is -0.136. The summed E-state index contributed by atoms with van der Waals surface area (Å²) in [6, 6.07) is 14.6. The van der Waals surface area contributed by atoms with Gasteiger partial charge in [-0.25, -0.2) is 0 Å². The van der Waals surface area contributed by atoms with Crippen molar-refractivity contribution in [2.24, 2.45) is 0 Å². The molecule has 3 heterocycles. The van der Waals surface area contributed by atoms with E-state index in [0.717, 1.165) is 38.0 Å². The molecule has 2 aromatic rings. The number of nitrogens with zero attached hydrogens (tertiary/aromatic N) is 2. The Bertz CT molecular complexity index is 1100. The summed E-state index contributed by atoms with van der Waals surface area (Å²) in [7, 11) is 0. The summed E-state index contributed by atoms with van der Waals surface area (Å²) in [5.74, 6) is 0.331. The topological polar surface area (TPSA) is 69.7 Å². The Morgan fingerprint density at radius 2 is 1.71 bits per heavy atom. The quantitative estimate of drug-likeness (QED) is 0.688. The van der Waals surface area contributed by atoms with E-state index in [4.69, 9.17) is 0 Å². The highest BCUT2D eigenvalue weighted by Gasteiger charge is 2.39. The normalized spacial score (nSPS) is 21.8. The van der Waals surface area contributed by atoms with Crippen LogP contribution in [0.3, 0.4) is 0 Å². The molecule has 0 saturated carbocycles. The van der Waals surface area contributed by atoms with E-state index in [1.807, 2.05) is 6.07 Å². The first-order valence-electron chi connectivity index (χ1n) is 12.5. The minimum atomic E-state index is -0.557. The Morgan fingerprint density at radius 3 is 2.38 bits per heavy atom. The van der Waals surface area contributed by atoms with Crippen LogP contribution in [0.1, 0.15) is 84.0 Å². The van der Waals surface area contributed by atoms with Gasteiger partial charge in [-0.15, -0.1) is 0 Å². The third-order valence-corrected chi connectivity index (χ3v) is 7.66. The van der Waals surface area contributed by atoms with Crippen LogP contribution in [0, 0.1) is 0 Å². The van der Waals surface area contributed by atoms with Crippen LogP contribution in [0.5, 0.6) is 0 Å². The first-order chi connectivity index (χ1) is 16.4. The number of amides is 3. The lowest BCUT2D eigenvalue weighted by atomic mass is 9.87. The van der Waals surface area contributed by atoms with E-state index < -0.39 is 6.04 Å². The van der Waals surface area contributed by atoms with Gasteiger partial charge < -0.3 is 4.90 Å². The fourth-order valence-corrected chi connectivity index (χ4v) is 5.54. The van der Waals surface area contributed by atoms with E-state index in [9.17, 15) is 14.4 Å². The minimum absolute atomic E-state index is 0.102. The third-order valence-electron chi connectivity index (χ3n) is 7.66. The second-order valence-corrected chi connectivity index (χ2v) is 10.3. The van der Waals surface area contributed by atoms with Crippen LogP contribution in [-0.2, 0) is 22.7 Å². The van der Waals surface area contributed by atoms with Gasteiger partial charge in [-0.2, -0.15) is 0 Å². The summed E-state index contributed by atoms with van der Waals surface area (Å²) >= 11 is 0. The molecule has 6 heteroatoms. The maximum Gasteiger partial charge on any atom is 0.255 e. The third kappa shape index (κ3) is 4.51. The largest absolute Gasteiger partial charge is 0.322 e. The monoisotopic (exact) mass is 459 g/mol. The van der Waals surface area contributed by atoms with Gasteiger partial charge in [-0.05, 0) is 72.5 Å². The number of likely N-dealkylation sites (tertiary alicyclic amines) is 1. The molecule has 0 bridgehead atoms. The first kappa shape index (κ1) is 22.8. The maximum absolute atomic E-state index is 12.9. The van der Waals surface area contributed by atoms with Crippen LogP contribution >= 0.6 is 0 Å². The van der Waals surface area contributed by atoms with Gasteiger partial charge >= 0.3 is 0 Å².